The Morgan fingerprint density at radius 3 is 2.87 bits per heavy atom. The Morgan fingerprint density at radius 1 is 1.23 bits per heavy atom. The van der Waals surface area contributed by atoms with Crippen molar-refractivity contribution in [3.05, 3.63) is 70.2 Å². The van der Waals surface area contributed by atoms with Gasteiger partial charge in [0.1, 0.15) is 11.9 Å². The molecule has 1 N–H and O–H groups in total. The number of hydrogen-bond donors (Lipinski definition) is 1. The number of thiophene rings is 1. The summed E-state index contributed by atoms with van der Waals surface area (Å²) in [6, 6.07) is 14.0. The summed E-state index contributed by atoms with van der Waals surface area (Å²) < 4.78 is 6.37. The van der Waals surface area contributed by atoms with Crippen LogP contribution in [0.4, 0.5) is 11.4 Å². The largest absolute Gasteiger partial charge is 0.485 e. The van der Waals surface area contributed by atoms with Crippen LogP contribution in [0.25, 0.3) is 0 Å². The zero-order chi connectivity index (χ0) is 21.8. The van der Waals surface area contributed by atoms with E-state index in [1.54, 1.807) is 17.5 Å². The van der Waals surface area contributed by atoms with Crippen LogP contribution in [-0.2, 0) is 0 Å². The zero-order valence-electron chi connectivity index (χ0n) is 18.2. The number of carbonyl (C=O) groups is 1. The van der Waals surface area contributed by atoms with Crippen LogP contribution in [0.15, 0.2) is 54.0 Å². The van der Waals surface area contributed by atoms with E-state index in [2.05, 4.69) is 26.6 Å². The molecular weight excluding hydrogens is 408 g/mol. The maximum Gasteiger partial charge on any atom is 0.262 e. The van der Waals surface area contributed by atoms with Crippen LogP contribution in [0, 0.1) is 6.92 Å². The summed E-state index contributed by atoms with van der Waals surface area (Å²) in [6.07, 6.45) is 2.53. The second-order valence-corrected chi connectivity index (χ2v) is 8.71. The fourth-order valence-electron chi connectivity index (χ4n) is 3.79. The number of aromatic nitrogens is 1. The topological polar surface area (TPSA) is 57.7 Å². The molecule has 0 saturated heterocycles. The number of pyridine rings is 1. The molecule has 1 amide bonds. The number of likely N-dealkylation sites (N-methyl/N-ethyl adjacent to an activating group) is 1. The van der Waals surface area contributed by atoms with Crippen LogP contribution in [0.1, 0.15) is 33.5 Å². The second-order valence-electron chi connectivity index (χ2n) is 7.73. The number of carbonyl (C=O) groups excluding carboxylic acids is 1. The highest BCUT2D eigenvalue weighted by Gasteiger charge is 2.27. The molecule has 0 radical (unpaired) electrons. The molecule has 0 spiro atoms. The first-order valence-electron chi connectivity index (χ1n) is 10.5. The maximum absolute atomic E-state index is 13.4. The third kappa shape index (κ3) is 4.73. The standard InChI is InChI=1S/C24H28N4O2S/c1-17-14-21-20(16-26-17)24(29)28(12-11-27(21)3)18-6-4-7-19(15-18)30-22(9-10-25-2)23-8-5-13-31-23/h4-8,13-16,22,25H,9-12H2,1-3H3. The highest BCUT2D eigenvalue weighted by Crippen LogP contribution is 2.32. The lowest BCUT2D eigenvalue weighted by Gasteiger charge is -2.23. The van der Waals surface area contributed by atoms with E-state index in [9.17, 15) is 4.79 Å². The summed E-state index contributed by atoms with van der Waals surface area (Å²) in [4.78, 5) is 22.9. The Morgan fingerprint density at radius 2 is 2.10 bits per heavy atom. The van der Waals surface area contributed by atoms with Gasteiger partial charge in [-0.15, -0.1) is 11.3 Å². The molecule has 2 aromatic heterocycles. The lowest BCUT2D eigenvalue weighted by Crippen LogP contribution is -2.33. The summed E-state index contributed by atoms with van der Waals surface area (Å²) in [5.74, 6) is 0.730. The van der Waals surface area contributed by atoms with Gasteiger partial charge in [0.2, 0.25) is 0 Å². The fourth-order valence-corrected chi connectivity index (χ4v) is 4.58. The second kappa shape index (κ2) is 9.49. The average Bonchev–Trinajstić information content (AvgIpc) is 3.28. The van der Waals surface area contributed by atoms with Crippen LogP contribution in [0.2, 0.25) is 0 Å². The number of amides is 1. The third-order valence-electron chi connectivity index (χ3n) is 5.49. The van der Waals surface area contributed by atoms with E-state index in [4.69, 9.17) is 4.74 Å². The molecule has 6 nitrogen and oxygen atoms in total. The quantitative estimate of drug-likeness (QED) is 0.599. The average molecular weight is 437 g/mol. The number of anilines is 2. The minimum absolute atomic E-state index is 0.0263. The molecule has 7 heteroatoms. The fraction of sp³-hybridized carbons (Fsp3) is 0.333. The van der Waals surface area contributed by atoms with E-state index in [0.717, 1.165) is 42.3 Å². The van der Waals surface area contributed by atoms with Crippen LogP contribution >= 0.6 is 11.3 Å². The van der Waals surface area contributed by atoms with Gasteiger partial charge in [-0.1, -0.05) is 12.1 Å². The van der Waals surface area contributed by atoms with Gasteiger partial charge in [0.25, 0.3) is 5.91 Å². The molecule has 1 aliphatic heterocycles. The van der Waals surface area contributed by atoms with Crippen LogP contribution < -0.4 is 19.9 Å². The van der Waals surface area contributed by atoms with Crippen LogP contribution in [-0.4, -0.2) is 44.6 Å². The molecule has 3 aromatic rings. The first-order chi connectivity index (χ1) is 15.1. The van der Waals surface area contributed by atoms with Gasteiger partial charge in [-0.25, -0.2) is 0 Å². The lowest BCUT2D eigenvalue weighted by atomic mass is 10.1. The monoisotopic (exact) mass is 436 g/mol. The molecule has 1 unspecified atom stereocenters. The summed E-state index contributed by atoms with van der Waals surface area (Å²) >= 11 is 1.70. The molecule has 0 saturated carbocycles. The Kier molecular flexibility index (Phi) is 6.53. The zero-order valence-corrected chi connectivity index (χ0v) is 19.0. The molecule has 0 fully saturated rings. The maximum atomic E-state index is 13.4. The summed E-state index contributed by atoms with van der Waals surface area (Å²) in [6.45, 7) is 4.15. The Hall–Kier alpha value is -2.90. The first kappa shape index (κ1) is 21.3. The number of ether oxygens (including phenoxy) is 1. The third-order valence-corrected chi connectivity index (χ3v) is 6.45. The lowest BCUT2D eigenvalue weighted by molar-refractivity contribution is 0.0990. The minimum Gasteiger partial charge on any atom is -0.485 e. The molecule has 31 heavy (non-hydrogen) atoms. The first-order valence-corrected chi connectivity index (χ1v) is 11.4. The van der Waals surface area contributed by atoms with Crippen molar-refractivity contribution in [1.82, 2.24) is 10.3 Å². The van der Waals surface area contributed by atoms with Crippen molar-refractivity contribution in [3.63, 3.8) is 0 Å². The van der Waals surface area contributed by atoms with Crippen molar-refractivity contribution >= 4 is 28.6 Å². The van der Waals surface area contributed by atoms with Crippen molar-refractivity contribution in [2.24, 2.45) is 0 Å². The van der Waals surface area contributed by atoms with E-state index in [0.29, 0.717) is 12.1 Å². The van der Waals surface area contributed by atoms with E-state index >= 15 is 0 Å². The van der Waals surface area contributed by atoms with Crippen molar-refractivity contribution in [1.29, 1.82) is 0 Å². The van der Waals surface area contributed by atoms with Gasteiger partial charge in [0.05, 0.1) is 11.3 Å². The highest BCUT2D eigenvalue weighted by atomic mass is 32.1. The van der Waals surface area contributed by atoms with Crippen molar-refractivity contribution in [2.75, 3.05) is 43.5 Å². The molecule has 4 rings (SSSR count). The molecule has 1 atom stereocenters. The molecule has 1 aliphatic rings. The normalized spacial score (nSPS) is 14.9. The van der Waals surface area contributed by atoms with Gasteiger partial charge in [-0.3, -0.25) is 9.78 Å². The Labute approximate surface area is 187 Å². The Balaban J connectivity index is 1.60. The number of nitrogens with one attached hydrogen (secondary N) is 1. The molecular formula is C24H28N4O2S. The van der Waals surface area contributed by atoms with Crippen molar-refractivity contribution in [3.8, 4) is 5.75 Å². The molecule has 0 bridgehead atoms. The van der Waals surface area contributed by atoms with E-state index in [-0.39, 0.29) is 12.0 Å². The van der Waals surface area contributed by atoms with Crippen molar-refractivity contribution in [2.45, 2.75) is 19.4 Å². The van der Waals surface area contributed by atoms with Gasteiger partial charge >= 0.3 is 0 Å². The van der Waals surface area contributed by atoms with E-state index in [1.165, 1.54) is 4.88 Å². The molecule has 3 heterocycles. The molecule has 1 aromatic carbocycles. The van der Waals surface area contributed by atoms with Gasteiger partial charge < -0.3 is 19.9 Å². The Bertz CT molecular complexity index is 1040. The smallest absolute Gasteiger partial charge is 0.262 e. The predicted molar refractivity (Wildman–Crippen MR) is 127 cm³/mol. The van der Waals surface area contributed by atoms with Gasteiger partial charge in [0, 0.05) is 55.1 Å². The van der Waals surface area contributed by atoms with Gasteiger partial charge in [0.15, 0.2) is 0 Å². The number of hydrogen-bond acceptors (Lipinski definition) is 6. The number of aryl methyl sites for hydroxylation is 1. The minimum atomic E-state index is -0.0333. The van der Waals surface area contributed by atoms with Crippen LogP contribution in [0.5, 0.6) is 5.75 Å². The highest BCUT2D eigenvalue weighted by molar-refractivity contribution is 7.10. The van der Waals surface area contributed by atoms with Gasteiger partial charge in [-0.2, -0.15) is 0 Å². The van der Waals surface area contributed by atoms with E-state index in [1.807, 2.05) is 62.3 Å². The van der Waals surface area contributed by atoms with E-state index < -0.39 is 0 Å². The SMILES string of the molecule is CNCCC(Oc1cccc(N2CCN(C)c3cc(C)ncc3C2=O)c1)c1cccs1. The number of rotatable bonds is 7. The number of fused-ring (bicyclic) bond motifs is 1. The summed E-state index contributed by atoms with van der Waals surface area (Å²) in [5, 5.41) is 5.27. The predicted octanol–water partition coefficient (Wildman–Crippen LogP) is 4.28. The molecule has 0 aliphatic carbocycles. The number of benzene rings is 1. The van der Waals surface area contributed by atoms with Crippen molar-refractivity contribution < 1.29 is 9.53 Å². The van der Waals surface area contributed by atoms with Crippen LogP contribution in [0.3, 0.4) is 0 Å². The van der Waals surface area contributed by atoms with Gasteiger partial charge in [-0.05, 0) is 50.2 Å². The number of nitrogens with zero attached hydrogens (tertiary/aromatic N) is 3. The summed E-state index contributed by atoms with van der Waals surface area (Å²) in [7, 11) is 3.96. The molecule has 162 valence electrons. The summed E-state index contributed by atoms with van der Waals surface area (Å²) in [5.41, 5.74) is 3.30.